The van der Waals surface area contributed by atoms with Gasteiger partial charge in [-0.3, -0.25) is 4.79 Å². The molecule has 0 radical (unpaired) electrons. The fourth-order valence-corrected chi connectivity index (χ4v) is 3.98. The van der Waals surface area contributed by atoms with E-state index in [4.69, 9.17) is 13.9 Å². The van der Waals surface area contributed by atoms with Crippen LogP contribution in [-0.4, -0.2) is 39.6 Å². The Bertz CT molecular complexity index is 666. The Hall–Kier alpha value is -1.86. The van der Waals surface area contributed by atoms with Crippen molar-refractivity contribution in [2.24, 2.45) is 5.92 Å². The molecule has 1 aromatic carbocycles. The van der Waals surface area contributed by atoms with Gasteiger partial charge >= 0.3 is 5.97 Å². The lowest BCUT2D eigenvalue weighted by molar-refractivity contribution is -0.154. The lowest BCUT2D eigenvalue weighted by Gasteiger charge is -2.44. The first kappa shape index (κ1) is 20.4. The smallest absolute Gasteiger partial charge is 0.340 e. The molecule has 0 aromatic heterocycles. The first-order chi connectivity index (χ1) is 12.0. The summed E-state index contributed by atoms with van der Waals surface area (Å²) in [5.41, 5.74) is 0.406. The highest BCUT2D eigenvalue weighted by atomic mass is 28.4. The molecule has 7 heteroatoms. The summed E-state index contributed by atoms with van der Waals surface area (Å²) >= 11 is 0. The minimum Gasteiger partial charge on any atom is -0.497 e. The number of nitrogens with one attached hydrogen (secondary N) is 1. The molecule has 1 aliphatic heterocycles. The van der Waals surface area contributed by atoms with Crippen LogP contribution >= 0.6 is 0 Å². The van der Waals surface area contributed by atoms with Crippen LogP contribution in [0.15, 0.2) is 24.3 Å². The Morgan fingerprint density at radius 3 is 2.23 bits per heavy atom. The first-order valence-electron chi connectivity index (χ1n) is 8.79. The summed E-state index contributed by atoms with van der Waals surface area (Å²) in [5.74, 6) is -0.468. The maximum atomic E-state index is 12.3. The van der Waals surface area contributed by atoms with E-state index in [9.17, 15) is 9.59 Å². The minimum absolute atomic E-state index is 0.0384. The van der Waals surface area contributed by atoms with Crippen LogP contribution < -0.4 is 10.1 Å². The van der Waals surface area contributed by atoms with Gasteiger partial charge in [-0.1, -0.05) is 20.8 Å². The van der Waals surface area contributed by atoms with Gasteiger partial charge in [0.15, 0.2) is 14.5 Å². The lowest BCUT2D eigenvalue weighted by Crippen LogP contribution is -2.65. The zero-order chi connectivity index (χ0) is 19.7. The Morgan fingerprint density at radius 1 is 1.19 bits per heavy atom. The number of esters is 1. The molecule has 1 amide bonds. The molecule has 1 fully saturated rings. The maximum absolute atomic E-state index is 12.3. The third kappa shape index (κ3) is 4.27. The zero-order valence-corrected chi connectivity index (χ0v) is 17.6. The van der Waals surface area contributed by atoms with E-state index in [0.29, 0.717) is 11.3 Å². The van der Waals surface area contributed by atoms with Crippen LogP contribution in [-0.2, 0) is 14.0 Å². The van der Waals surface area contributed by atoms with Crippen molar-refractivity contribution >= 4 is 20.2 Å². The first-order valence-corrected chi connectivity index (χ1v) is 11.7. The number of amides is 1. The third-order valence-corrected chi connectivity index (χ3v) is 9.84. The summed E-state index contributed by atoms with van der Waals surface area (Å²) < 4.78 is 16.8. The third-order valence-electron chi connectivity index (χ3n) is 5.27. The van der Waals surface area contributed by atoms with Crippen molar-refractivity contribution < 1.29 is 23.5 Å². The Morgan fingerprint density at radius 2 is 1.77 bits per heavy atom. The van der Waals surface area contributed by atoms with Gasteiger partial charge in [-0.2, -0.15) is 0 Å². The van der Waals surface area contributed by atoms with E-state index in [1.165, 1.54) is 0 Å². The van der Waals surface area contributed by atoms with Gasteiger partial charge in [0.05, 0.1) is 18.8 Å². The summed E-state index contributed by atoms with van der Waals surface area (Å²) in [4.78, 5) is 24.4. The molecule has 0 aliphatic carbocycles. The molecule has 2 rings (SSSR count). The van der Waals surface area contributed by atoms with Gasteiger partial charge in [0.2, 0.25) is 5.91 Å². The molecule has 1 aliphatic rings. The molecular weight excluding hydrogens is 350 g/mol. The van der Waals surface area contributed by atoms with E-state index in [0.717, 1.165) is 0 Å². The van der Waals surface area contributed by atoms with Crippen molar-refractivity contribution in [3.05, 3.63) is 29.8 Å². The normalized spacial score (nSPS) is 21.4. The van der Waals surface area contributed by atoms with Crippen molar-refractivity contribution in [2.75, 3.05) is 7.11 Å². The average molecular weight is 380 g/mol. The molecule has 1 heterocycles. The Balaban J connectivity index is 2.02. The molecule has 1 N–H and O–H groups in total. The van der Waals surface area contributed by atoms with Crippen LogP contribution in [0.25, 0.3) is 0 Å². The van der Waals surface area contributed by atoms with E-state index in [2.05, 4.69) is 39.2 Å². The van der Waals surface area contributed by atoms with Gasteiger partial charge in [-0.05, 0) is 49.3 Å². The van der Waals surface area contributed by atoms with Gasteiger partial charge in [-0.25, -0.2) is 4.79 Å². The van der Waals surface area contributed by atoms with E-state index in [1.807, 2.05) is 6.92 Å². The monoisotopic (exact) mass is 379 g/mol. The van der Waals surface area contributed by atoms with Crippen LogP contribution in [0.4, 0.5) is 0 Å². The molecule has 0 bridgehead atoms. The number of carbonyl (C=O) groups excluding carboxylic acids is 2. The summed E-state index contributed by atoms with van der Waals surface area (Å²) in [6.07, 6.45) is -0.991. The number of hydrogen-bond acceptors (Lipinski definition) is 5. The quantitative estimate of drug-likeness (QED) is 0.466. The van der Waals surface area contributed by atoms with Crippen LogP contribution in [0.2, 0.25) is 18.1 Å². The van der Waals surface area contributed by atoms with Crippen LogP contribution in [0.5, 0.6) is 5.75 Å². The topological polar surface area (TPSA) is 73.9 Å². The minimum atomic E-state index is -2.02. The number of methoxy groups -OCH3 is 1. The number of benzene rings is 1. The van der Waals surface area contributed by atoms with Crippen molar-refractivity contribution in [3.63, 3.8) is 0 Å². The van der Waals surface area contributed by atoms with Crippen molar-refractivity contribution in [2.45, 2.75) is 58.2 Å². The highest BCUT2D eigenvalue weighted by Crippen LogP contribution is 2.39. The summed E-state index contributed by atoms with van der Waals surface area (Å²) in [7, 11) is -0.460. The largest absolute Gasteiger partial charge is 0.497 e. The van der Waals surface area contributed by atoms with E-state index in [-0.39, 0.29) is 17.0 Å². The maximum Gasteiger partial charge on any atom is 0.340 e. The van der Waals surface area contributed by atoms with Gasteiger partial charge in [0.25, 0.3) is 0 Å². The zero-order valence-electron chi connectivity index (χ0n) is 16.6. The van der Waals surface area contributed by atoms with Gasteiger partial charge < -0.3 is 19.2 Å². The van der Waals surface area contributed by atoms with Crippen LogP contribution in [0.1, 0.15) is 38.1 Å². The number of carbonyl (C=O) groups is 2. The van der Waals surface area contributed by atoms with Crippen molar-refractivity contribution in [1.29, 1.82) is 0 Å². The molecule has 1 aromatic rings. The fraction of sp³-hybridized carbons (Fsp3) is 0.579. The molecule has 144 valence electrons. The van der Waals surface area contributed by atoms with Crippen molar-refractivity contribution in [3.8, 4) is 5.75 Å². The van der Waals surface area contributed by atoms with Gasteiger partial charge in [0, 0.05) is 0 Å². The molecule has 0 spiro atoms. The molecular formula is C19H29NO5Si. The summed E-state index contributed by atoms with van der Waals surface area (Å²) in [5, 5.41) is 2.69. The molecule has 6 nitrogen and oxygen atoms in total. The number of rotatable bonds is 6. The van der Waals surface area contributed by atoms with Gasteiger partial charge in [-0.15, -0.1) is 0 Å². The number of hydrogen-bond donors (Lipinski definition) is 1. The Labute approximate surface area is 156 Å². The van der Waals surface area contributed by atoms with Crippen molar-refractivity contribution in [1.82, 2.24) is 5.32 Å². The SMILES string of the molecule is COc1ccc(C(=O)O[C@H]2NC(=O)[C@H]2[C@@H](C)O[Si](C)(C)C(C)(C)C)cc1. The standard InChI is InChI=1S/C19H29NO5Si/c1-12(25-26(6,7)19(2,3)4)15-16(21)20-17(15)24-18(22)13-8-10-14(23-5)11-9-13/h8-12,15,17H,1-7H3,(H,20,21)/t12-,15-,17-/m1/s1. The molecule has 0 unspecified atom stereocenters. The van der Waals surface area contributed by atoms with E-state index < -0.39 is 26.4 Å². The van der Waals surface area contributed by atoms with Gasteiger partial charge in [0.1, 0.15) is 11.7 Å². The fourth-order valence-electron chi connectivity index (χ4n) is 2.55. The molecule has 26 heavy (non-hydrogen) atoms. The van der Waals surface area contributed by atoms with E-state index >= 15 is 0 Å². The van der Waals surface area contributed by atoms with Crippen LogP contribution in [0, 0.1) is 5.92 Å². The molecule has 1 saturated heterocycles. The highest BCUT2D eigenvalue weighted by molar-refractivity contribution is 6.74. The predicted octanol–water partition coefficient (Wildman–Crippen LogP) is 3.33. The number of β-lactam (4-membered cyclic amide) rings is 1. The summed E-state index contributed by atoms with van der Waals surface area (Å²) in [6.45, 7) is 12.6. The number of ether oxygens (including phenoxy) is 2. The predicted molar refractivity (Wildman–Crippen MR) is 102 cm³/mol. The lowest BCUT2D eigenvalue weighted by atomic mass is 9.93. The van der Waals surface area contributed by atoms with Crippen LogP contribution in [0.3, 0.4) is 0 Å². The van der Waals surface area contributed by atoms with E-state index in [1.54, 1.807) is 31.4 Å². The second-order valence-electron chi connectivity index (χ2n) is 8.17. The second-order valence-corrected chi connectivity index (χ2v) is 12.9. The second kappa shape index (κ2) is 7.40. The molecule has 3 atom stereocenters. The summed E-state index contributed by atoms with van der Waals surface area (Å²) in [6, 6.07) is 6.64. The average Bonchev–Trinajstić information content (AvgIpc) is 2.52. The molecule has 0 saturated carbocycles. The highest BCUT2D eigenvalue weighted by Gasteiger charge is 2.49. The Kier molecular flexibility index (Phi) is 5.82.